The minimum atomic E-state index is -3.13. The largest absolute Gasteiger partial charge is 0.481 e. The van der Waals surface area contributed by atoms with Crippen molar-refractivity contribution in [3.05, 3.63) is 0 Å². The summed E-state index contributed by atoms with van der Waals surface area (Å²) in [6, 6.07) is 0. The summed E-state index contributed by atoms with van der Waals surface area (Å²) in [6.45, 7) is 1.84. The minimum absolute atomic E-state index is 0.239. The van der Waals surface area contributed by atoms with Crippen LogP contribution in [0.1, 0.15) is 32.6 Å². The van der Waals surface area contributed by atoms with Crippen LogP contribution >= 0.6 is 0 Å². The topological polar surface area (TPSA) is 138 Å². The Bertz CT molecular complexity index is 386. The third-order valence-corrected chi connectivity index (χ3v) is 3.10. The first kappa shape index (κ1) is 17.9. The Morgan fingerprint density at radius 3 is 1.85 bits per heavy atom. The number of aliphatic carboxylic acids is 3. The van der Waals surface area contributed by atoms with E-state index in [1.165, 1.54) is 0 Å². The van der Waals surface area contributed by atoms with Crippen LogP contribution in [0.15, 0.2) is 0 Å². The maximum atomic E-state index is 11.6. The van der Waals surface area contributed by atoms with Crippen LogP contribution in [0, 0.1) is 11.3 Å². The molecular weight excluding hydrogens is 272 g/mol. The molecule has 0 heterocycles. The molecular formula is C12H18O8. The van der Waals surface area contributed by atoms with E-state index in [1.807, 2.05) is 6.92 Å². The number of ether oxygens (including phenoxy) is 1. The van der Waals surface area contributed by atoms with Crippen LogP contribution in [-0.2, 0) is 23.9 Å². The molecule has 0 amide bonds. The van der Waals surface area contributed by atoms with Gasteiger partial charge in [-0.3, -0.25) is 19.2 Å². The molecule has 0 aliphatic heterocycles. The number of carboxylic acid groups (broad SMARTS) is 3. The van der Waals surface area contributed by atoms with Crippen molar-refractivity contribution in [3.63, 3.8) is 0 Å². The van der Waals surface area contributed by atoms with E-state index in [0.717, 1.165) is 13.5 Å². The third kappa shape index (κ3) is 3.25. The molecule has 0 bridgehead atoms. The predicted molar refractivity (Wildman–Crippen MR) is 65.0 cm³/mol. The quantitative estimate of drug-likeness (QED) is 0.318. The Labute approximate surface area is 115 Å². The average molecular weight is 290 g/mol. The van der Waals surface area contributed by atoms with Crippen molar-refractivity contribution in [3.8, 4) is 0 Å². The van der Waals surface area contributed by atoms with E-state index in [9.17, 15) is 19.2 Å². The summed E-state index contributed by atoms with van der Waals surface area (Å²) in [6.07, 6.45) is 1.39. The molecule has 0 aromatic heterocycles. The molecule has 20 heavy (non-hydrogen) atoms. The van der Waals surface area contributed by atoms with Crippen molar-refractivity contribution >= 4 is 23.9 Å². The Kier molecular flexibility index (Phi) is 6.67. The molecule has 0 aromatic rings. The van der Waals surface area contributed by atoms with Crippen LogP contribution in [0.3, 0.4) is 0 Å². The van der Waals surface area contributed by atoms with Crippen molar-refractivity contribution in [1.82, 2.24) is 0 Å². The van der Waals surface area contributed by atoms with Crippen LogP contribution in [-0.4, -0.2) is 46.3 Å². The second-order valence-electron chi connectivity index (χ2n) is 4.30. The molecule has 8 nitrogen and oxygen atoms in total. The average Bonchev–Trinajstić information content (AvgIpc) is 2.36. The lowest BCUT2D eigenvalue weighted by Gasteiger charge is -2.28. The normalized spacial score (nSPS) is 12.5. The number of unbranched alkanes of at least 4 members (excludes halogenated alkanes) is 2. The van der Waals surface area contributed by atoms with Crippen LogP contribution < -0.4 is 0 Å². The van der Waals surface area contributed by atoms with Crippen molar-refractivity contribution in [2.75, 3.05) is 7.11 Å². The lowest BCUT2D eigenvalue weighted by atomic mass is 9.72. The smallest absolute Gasteiger partial charge is 0.335 e. The molecule has 0 saturated carbocycles. The number of esters is 1. The summed E-state index contributed by atoms with van der Waals surface area (Å²) in [5, 5.41) is 27.4. The maximum absolute atomic E-state index is 11.6. The molecule has 8 heteroatoms. The van der Waals surface area contributed by atoms with E-state index >= 15 is 0 Å². The van der Waals surface area contributed by atoms with Gasteiger partial charge in [-0.25, -0.2) is 0 Å². The summed E-state index contributed by atoms with van der Waals surface area (Å²) in [4.78, 5) is 45.5. The van der Waals surface area contributed by atoms with Crippen LogP contribution in [0.5, 0.6) is 0 Å². The third-order valence-electron chi connectivity index (χ3n) is 3.10. The van der Waals surface area contributed by atoms with Gasteiger partial charge in [-0.2, -0.15) is 0 Å². The molecule has 1 atom stereocenters. The Morgan fingerprint density at radius 2 is 1.55 bits per heavy atom. The first-order chi connectivity index (χ1) is 9.26. The van der Waals surface area contributed by atoms with Gasteiger partial charge in [0.05, 0.1) is 13.0 Å². The zero-order chi connectivity index (χ0) is 15.9. The van der Waals surface area contributed by atoms with Crippen LogP contribution in [0.4, 0.5) is 0 Å². The monoisotopic (exact) mass is 290 g/mol. The van der Waals surface area contributed by atoms with Crippen molar-refractivity contribution in [2.24, 2.45) is 11.3 Å². The van der Waals surface area contributed by atoms with Gasteiger partial charge in [-0.1, -0.05) is 26.2 Å². The molecule has 0 fully saturated rings. The highest BCUT2D eigenvalue weighted by molar-refractivity contribution is 6.19. The van der Waals surface area contributed by atoms with Crippen LogP contribution in [0.2, 0.25) is 0 Å². The van der Waals surface area contributed by atoms with E-state index in [-0.39, 0.29) is 6.42 Å². The standard InChI is InChI=1S/C12H18O8/c1-3-4-5-6-7(8(13)14)12(9(15)16,10(17)18)11(19)20-2/h7H,3-6H2,1-2H3,(H,13,14)(H,15,16)(H,17,18). The van der Waals surface area contributed by atoms with E-state index in [2.05, 4.69) is 4.74 Å². The second-order valence-corrected chi connectivity index (χ2v) is 4.30. The second kappa shape index (κ2) is 7.46. The highest BCUT2D eigenvalue weighted by Crippen LogP contribution is 2.35. The number of carboxylic acids is 3. The van der Waals surface area contributed by atoms with Crippen molar-refractivity contribution < 1.29 is 39.2 Å². The van der Waals surface area contributed by atoms with Gasteiger partial charge in [0.25, 0.3) is 5.41 Å². The number of methoxy groups -OCH3 is 1. The number of carbonyl (C=O) groups is 4. The van der Waals surface area contributed by atoms with Gasteiger partial charge in [0.2, 0.25) is 0 Å². The summed E-state index contributed by atoms with van der Waals surface area (Å²) < 4.78 is 4.21. The molecule has 0 aliphatic rings. The molecule has 1 unspecified atom stereocenters. The zero-order valence-electron chi connectivity index (χ0n) is 11.3. The number of hydrogen-bond donors (Lipinski definition) is 3. The van der Waals surface area contributed by atoms with Gasteiger partial charge in [-0.15, -0.1) is 0 Å². The predicted octanol–water partition coefficient (Wildman–Crippen LogP) is 0.596. The van der Waals surface area contributed by atoms with Crippen LogP contribution in [0.25, 0.3) is 0 Å². The number of rotatable bonds is 9. The molecule has 0 aliphatic carbocycles. The molecule has 0 aromatic carbocycles. The van der Waals surface area contributed by atoms with Gasteiger partial charge < -0.3 is 20.1 Å². The van der Waals surface area contributed by atoms with Crippen molar-refractivity contribution in [1.29, 1.82) is 0 Å². The minimum Gasteiger partial charge on any atom is -0.481 e. The maximum Gasteiger partial charge on any atom is 0.335 e. The first-order valence-electron chi connectivity index (χ1n) is 6.04. The Hall–Kier alpha value is -2.12. The highest BCUT2D eigenvalue weighted by atomic mass is 16.5. The van der Waals surface area contributed by atoms with E-state index in [1.54, 1.807) is 0 Å². The fourth-order valence-corrected chi connectivity index (χ4v) is 1.99. The fraction of sp³-hybridized carbons (Fsp3) is 0.667. The molecule has 0 radical (unpaired) electrons. The summed E-state index contributed by atoms with van der Waals surface area (Å²) in [7, 11) is 0.813. The Morgan fingerprint density at radius 1 is 1.05 bits per heavy atom. The molecule has 0 saturated heterocycles. The van der Waals surface area contributed by atoms with Gasteiger partial charge in [0, 0.05) is 0 Å². The summed E-state index contributed by atoms with van der Waals surface area (Å²) >= 11 is 0. The number of carbonyl (C=O) groups excluding carboxylic acids is 1. The molecule has 3 N–H and O–H groups in total. The Balaban J connectivity index is 5.75. The van der Waals surface area contributed by atoms with E-state index in [4.69, 9.17) is 15.3 Å². The molecule has 0 spiro atoms. The molecule has 0 rings (SSSR count). The van der Waals surface area contributed by atoms with E-state index < -0.39 is 35.2 Å². The highest BCUT2D eigenvalue weighted by Gasteiger charge is 2.63. The van der Waals surface area contributed by atoms with Gasteiger partial charge in [0.15, 0.2) is 0 Å². The molecule has 114 valence electrons. The van der Waals surface area contributed by atoms with Gasteiger partial charge >= 0.3 is 23.9 Å². The fourth-order valence-electron chi connectivity index (χ4n) is 1.99. The first-order valence-corrected chi connectivity index (χ1v) is 6.04. The lowest BCUT2D eigenvalue weighted by Crippen LogP contribution is -2.55. The summed E-state index contributed by atoms with van der Waals surface area (Å²) in [5.74, 6) is -9.23. The summed E-state index contributed by atoms with van der Waals surface area (Å²) in [5.41, 5.74) is -3.13. The SMILES string of the molecule is CCCCCC(C(=O)O)C(C(=O)O)(C(=O)O)C(=O)OC. The van der Waals surface area contributed by atoms with Gasteiger partial charge in [-0.05, 0) is 6.42 Å². The lowest BCUT2D eigenvalue weighted by molar-refractivity contribution is -0.187. The van der Waals surface area contributed by atoms with E-state index in [0.29, 0.717) is 12.8 Å². The number of hydrogen-bond acceptors (Lipinski definition) is 5. The van der Waals surface area contributed by atoms with Crippen molar-refractivity contribution in [2.45, 2.75) is 32.6 Å². The van der Waals surface area contributed by atoms with Gasteiger partial charge in [0.1, 0.15) is 0 Å². The zero-order valence-corrected chi connectivity index (χ0v) is 11.3.